The molecule has 0 spiro atoms. The second-order valence-electron chi connectivity index (χ2n) is 5.70. The molecule has 1 aromatic heterocycles. The van der Waals surface area contributed by atoms with Gasteiger partial charge < -0.3 is 10.1 Å². The van der Waals surface area contributed by atoms with Crippen molar-refractivity contribution >= 4 is 0 Å². The molecule has 0 atom stereocenters. The molecule has 3 heteroatoms. The average molecular weight is 284 g/mol. The Morgan fingerprint density at radius 2 is 1.90 bits per heavy atom. The van der Waals surface area contributed by atoms with Crippen molar-refractivity contribution in [2.75, 3.05) is 7.05 Å². The lowest BCUT2D eigenvalue weighted by Crippen LogP contribution is -2.07. The molecule has 2 aromatic rings. The van der Waals surface area contributed by atoms with Crippen LogP contribution in [0.15, 0.2) is 30.3 Å². The fourth-order valence-corrected chi connectivity index (χ4v) is 2.48. The van der Waals surface area contributed by atoms with Gasteiger partial charge >= 0.3 is 0 Å². The minimum absolute atomic E-state index is 0.528. The van der Waals surface area contributed by atoms with Crippen molar-refractivity contribution in [3.8, 4) is 11.6 Å². The Labute approximate surface area is 127 Å². The average Bonchev–Trinajstić information content (AvgIpc) is 2.41. The van der Waals surface area contributed by atoms with Crippen LogP contribution in [0, 0.1) is 13.8 Å². The summed E-state index contributed by atoms with van der Waals surface area (Å²) >= 11 is 0. The molecule has 0 aliphatic carbocycles. The van der Waals surface area contributed by atoms with Crippen LogP contribution in [-0.4, -0.2) is 12.0 Å². The number of ether oxygens (including phenoxy) is 1. The van der Waals surface area contributed by atoms with E-state index in [2.05, 4.69) is 49.3 Å². The smallest absolute Gasteiger partial charge is 0.219 e. The van der Waals surface area contributed by atoms with Gasteiger partial charge in [-0.2, -0.15) is 0 Å². The van der Waals surface area contributed by atoms with Crippen molar-refractivity contribution in [3.05, 3.63) is 52.7 Å². The number of aromatic nitrogens is 1. The Balaban J connectivity index is 2.18. The maximum Gasteiger partial charge on any atom is 0.219 e. The predicted molar refractivity (Wildman–Crippen MR) is 87.1 cm³/mol. The van der Waals surface area contributed by atoms with E-state index >= 15 is 0 Å². The Bertz CT molecular complexity index is 621. The number of nitrogens with one attached hydrogen (secondary N) is 1. The monoisotopic (exact) mass is 284 g/mol. The van der Waals surface area contributed by atoms with Crippen LogP contribution in [0.1, 0.15) is 42.1 Å². The number of rotatable bonds is 5. The Kier molecular flexibility index (Phi) is 4.97. The van der Waals surface area contributed by atoms with Crippen LogP contribution in [0.2, 0.25) is 0 Å². The molecule has 1 N–H and O–H groups in total. The number of aryl methyl sites for hydroxylation is 2. The van der Waals surface area contributed by atoms with Crippen molar-refractivity contribution in [3.63, 3.8) is 0 Å². The quantitative estimate of drug-likeness (QED) is 0.887. The van der Waals surface area contributed by atoms with Crippen LogP contribution in [0.3, 0.4) is 0 Å². The summed E-state index contributed by atoms with van der Waals surface area (Å²) in [4.78, 5) is 4.51. The molecule has 21 heavy (non-hydrogen) atoms. The van der Waals surface area contributed by atoms with E-state index in [4.69, 9.17) is 4.74 Å². The van der Waals surface area contributed by atoms with E-state index in [0.29, 0.717) is 11.8 Å². The summed E-state index contributed by atoms with van der Waals surface area (Å²) in [7, 11) is 1.93. The zero-order valence-corrected chi connectivity index (χ0v) is 13.5. The highest BCUT2D eigenvalue weighted by molar-refractivity contribution is 5.38. The molecule has 0 saturated carbocycles. The van der Waals surface area contributed by atoms with Crippen LogP contribution >= 0.6 is 0 Å². The van der Waals surface area contributed by atoms with Gasteiger partial charge in [-0.05, 0) is 55.6 Å². The summed E-state index contributed by atoms with van der Waals surface area (Å²) in [6.45, 7) is 9.35. The maximum atomic E-state index is 5.88. The van der Waals surface area contributed by atoms with Crippen LogP contribution in [0.5, 0.6) is 11.6 Å². The third-order valence-electron chi connectivity index (χ3n) is 3.62. The molecule has 1 heterocycles. The van der Waals surface area contributed by atoms with Gasteiger partial charge in [-0.15, -0.1) is 0 Å². The summed E-state index contributed by atoms with van der Waals surface area (Å²) in [6.07, 6.45) is 0. The highest BCUT2D eigenvalue weighted by atomic mass is 16.5. The first-order chi connectivity index (χ1) is 10.0. The zero-order valence-electron chi connectivity index (χ0n) is 13.5. The molecule has 0 unspecified atom stereocenters. The lowest BCUT2D eigenvalue weighted by molar-refractivity contribution is 0.460. The number of pyridine rings is 1. The standard InChI is InChI=1S/C18H24N2O/c1-12(2)17-8-7-16(10-13(17)3)21-18-9-6-15(11-19-5)14(4)20-18/h6-10,12,19H,11H2,1-5H3. The van der Waals surface area contributed by atoms with Gasteiger partial charge in [-0.25, -0.2) is 4.98 Å². The first kappa shape index (κ1) is 15.5. The Hall–Kier alpha value is -1.87. The van der Waals surface area contributed by atoms with Gasteiger partial charge in [-0.3, -0.25) is 0 Å². The largest absolute Gasteiger partial charge is 0.439 e. The van der Waals surface area contributed by atoms with Crippen LogP contribution in [0.25, 0.3) is 0 Å². The van der Waals surface area contributed by atoms with Gasteiger partial charge in [0.1, 0.15) is 5.75 Å². The minimum Gasteiger partial charge on any atom is -0.439 e. The van der Waals surface area contributed by atoms with Crippen molar-refractivity contribution in [2.45, 2.75) is 40.2 Å². The Morgan fingerprint density at radius 1 is 1.14 bits per heavy atom. The lowest BCUT2D eigenvalue weighted by atomic mass is 9.98. The van der Waals surface area contributed by atoms with Gasteiger partial charge in [0.05, 0.1) is 0 Å². The van der Waals surface area contributed by atoms with Gasteiger partial charge in [0.2, 0.25) is 5.88 Å². The molecule has 0 amide bonds. The highest BCUT2D eigenvalue weighted by Gasteiger charge is 2.07. The van der Waals surface area contributed by atoms with Crippen molar-refractivity contribution in [2.24, 2.45) is 0 Å². The van der Waals surface area contributed by atoms with E-state index < -0.39 is 0 Å². The highest BCUT2D eigenvalue weighted by Crippen LogP contribution is 2.26. The first-order valence-electron chi connectivity index (χ1n) is 7.40. The molecule has 3 nitrogen and oxygen atoms in total. The first-order valence-corrected chi connectivity index (χ1v) is 7.40. The molecule has 2 rings (SSSR count). The fraction of sp³-hybridized carbons (Fsp3) is 0.389. The van der Waals surface area contributed by atoms with Crippen LogP contribution < -0.4 is 10.1 Å². The summed E-state index contributed by atoms with van der Waals surface area (Å²) < 4.78 is 5.88. The van der Waals surface area contributed by atoms with E-state index in [-0.39, 0.29) is 0 Å². The predicted octanol–water partition coefficient (Wildman–Crippen LogP) is 4.33. The van der Waals surface area contributed by atoms with Crippen LogP contribution in [0.4, 0.5) is 0 Å². The molecule has 0 bridgehead atoms. The maximum absolute atomic E-state index is 5.88. The summed E-state index contributed by atoms with van der Waals surface area (Å²) in [5.41, 5.74) is 4.80. The summed E-state index contributed by atoms with van der Waals surface area (Å²) in [5.74, 6) is 2.01. The Morgan fingerprint density at radius 3 is 2.48 bits per heavy atom. The number of hydrogen-bond donors (Lipinski definition) is 1. The topological polar surface area (TPSA) is 34.1 Å². The van der Waals surface area contributed by atoms with E-state index in [1.54, 1.807) is 0 Å². The number of benzene rings is 1. The summed E-state index contributed by atoms with van der Waals surface area (Å²) in [5, 5.41) is 3.14. The molecular formula is C18H24N2O. The van der Waals surface area contributed by atoms with Gasteiger partial charge in [-0.1, -0.05) is 26.0 Å². The third kappa shape index (κ3) is 3.82. The zero-order chi connectivity index (χ0) is 15.4. The normalized spacial score (nSPS) is 11.0. The molecule has 112 valence electrons. The minimum atomic E-state index is 0.528. The lowest BCUT2D eigenvalue weighted by Gasteiger charge is -2.12. The van der Waals surface area contributed by atoms with Crippen molar-refractivity contribution in [1.29, 1.82) is 0 Å². The van der Waals surface area contributed by atoms with E-state index in [9.17, 15) is 0 Å². The molecule has 0 fully saturated rings. The fourth-order valence-electron chi connectivity index (χ4n) is 2.48. The second kappa shape index (κ2) is 6.72. The molecule has 0 aliphatic heterocycles. The molecular weight excluding hydrogens is 260 g/mol. The molecule has 0 radical (unpaired) electrons. The van der Waals surface area contributed by atoms with Gasteiger partial charge in [0.15, 0.2) is 0 Å². The van der Waals surface area contributed by atoms with Gasteiger partial charge in [0, 0.05) is 18.3 Å². The van der Waals surface area contributed by atoms with Crippen molar-refractivity contribution in [1.82, 2.24) is 10.3 Å². The third-order valence-corrected chi connectivity index (χ3v) is 3.62. The van der Waals surface area contributed by atoms with Gasteiger partial charge in [0.25, 0.3) is 0 Å². The van der Waals surface area contributed by atoms with Crippen LogP contribution in [-0.2, 0) is 6.54 Å². The van der Waals surface area contributed by atoms with Crippen molar-refractivity contribution < 1.29 is 4.74 Å². The molecule has 1 aromatic carbocycles. The molecule has 0 saturated heterocycles. The summed E-state index contributed by atoms with van der Waals surface area (Å²) in [6, 6.07) is 10.2. The molecule has 0 aliphatic rings. The number of nitrogens with zero attached hydrogens (tertiary/aromatic N) is 1. The van der Waals surface area contributed by atoms with E-state index in [1.165, 1.54) is 16.7 Å². The second-order valence-corrected chi connectivity index (χ2v) is 5.70. The number of hydrogen-bond acceptors (Lipinski definition) is 3. The van der Waals surface area contributed by atoms with E-state index in [0.717, 1.165) is 18.0 Å². The SMILES string of the molecule is CNCc1ccc(Oc2ccc(C(C)C)c(C)c2)nc1C. The van der Waals surface area contributed by atoms with E-state index in [1.807, 2.05) is 26.1 Å².